The molecule has 0 spiro atoms. The predicted octanol–water partition coefficient (Wildman–Crippen LogP) is 7.35. The zero-order chi connectivity index (χ0) is 24.2. The summed E-state index contributed by atoms with van der Waals surface area (Å²) in [5, 5.41) is 9.53. The van der Waals surface area contributed by atoms with Crippen LogP contribution in [0.4, 0.5) is 0 Å². The summed E-state index contributed by atoms with van der Waals surface area (Å²) in [6.45, 7) is 2.85. The maximum absolute atomic E-state index is 10.0. The Kier molecular flexibility index (Phi) is 11.7. The molecule has 0 bridgehead atoms. The number of hydrogen-bond donors (Lipinski definition) is 1. The molecule has 6 heteroatoms. The number of carbonyl (C=O) groups excluding carboxylic acids is 1. The standard InChI is InChI=1S/C13H8NS.C11H8N.C5H8O2.Ir/c1-2-7-12-10(5-1)9-13(15-12)11-6-3-4-8-14-11;1-2-6-10(7-3-1)11-8-4-5-9-12-11;1-4(6)3-5(2)7;/h1-8H;1-6,8-9H;3,6H,1-2H3;/q2*-1;;/b;;4-3-;. The number of hydrogen-bond acceptors (Lipinski definition) is 5. The molecule has 5 rings (SSSR count). The first-order valence-corrected chi connectivity index (χ1v) is 11.4. The molecule has 35 heavy (non-hydrogen) atoms. The molecule has 0 fully saturated rings. The quantitative estimate of drug-likeness (QED) is 0.125. The molecule has 0 aliphatic rings. The summed E-state index contributed by atoms with van der Waals surface area (Å²) in [7, 11) is 0. The minimum absolute atomic E-state index is 0. The van der Waals surface area contributed by atoms with Crippen molar-refractivity contribution in [1.29, 1.82) is 0 Å². The molecule has 0 saturated heterocycles. The zero-order valence-corrected chi connectivity index (χ0v) is 22.5. The number of fused-ring (bicyclic) bond motifs is 1. The van der Waals surface area contributed by atoms with E-state index in [9.17, 15) is 4.79 Å². The second-order valence-electron chi connectivity index (χ2n) is 7.15. The summed E-state index contributed by atoms with van der Waals surface area (Å²) in [5.41, 5.74) is 3.01. The molecule has 0 amide bonds. The molecule has 1 N–H and O–H groups in total. The number of benzene rings is 2. The van der Waals surface area contributed by atoms with Gasteiger partial charge in [0, 0.05) is 44.3 Å². The van der Waals surface area contributed by atoms with Crippen LogP contribution in [0, 0.1) is 12.1 Å². The molecule has 0 atom stereocenters. The van der Waals surface area contributed by atoms with Gasteiger partial charge < -0.3 is 15.1 Å². The molecule has 5 aromatic rings. The summed E-state index contributed by atoms with van der Waals surface area (Å²) in [6, 6.07) is 34.4. The van der Waals surface area contributed by atoms with Crippen molar-refractivity contribution in [3.8, 4) is 21.8 Å². The third-order valence-corrected chi connectivity index (χ3v) is 5.40. The molecule has 0 aliphatic carbocycles. The van der Waals surface area contributed by atoms with Gasteiger partial charge in [0.1, 0.15) is 0 Å². The van der Waals surface area contributed by atoms with Crippen LogP contribution in [-0.2, 0) is 24.9 Å². The first-order valence-electron chi connectivity index (χ1n) is 10.6. The third kappa shape index (κ3) is 9.38. The van der Waals surface area contributed by atoms with E-state index in [1.165, 1.54) is 30.0 Å². The average molecular weight is 657 g/mol. The Hall–Kier alpha value is -3.44. The minimum atomic E-state index is -0.125. The number of allylic oxidation sites excluding steroid dienone is 2. The van der Waals surface area contributed by atoms with Crippen molar-refractivity contribution in [1.82, 2.24) is 9.97 Å². The van der Waals surface area contributed by atoms with Crippen molar-refractivity contribution < 1.29 is 30.0 Å². The number of ketones is 1. The van der Waals surface area contributed by atoms with Gasteiger partial charge in [-0.3, -0.25) is 4.79 Å². The molecule has 179 valence electrons. The molecule has 3 aromatic heterocycles. The van der Waals surface area contributed by atoms with Crippen LogP contribution in [0.2, 0.25) is 0 Å². The Balaban J connectivity index is 0.000000196. The van der Waals surface area contributed by atoms with Gasteiger partial charge in [-0.2, -0.15) is 0 Å². The number of nitrogens with zero attached hydrogens (tertiary/aromatic N) is 2. The van der Waals surface area contributed by atoms with Crippen LogP contribution in [-0.4, -0.2) is 20.9 Å². The number of carbonyl (C=O) groups is 1. The van der Waals surface area contributed by atoms with Crippen LogP contribution in [0.3, 0.4) is 0 Å². The van der Waals surface area contributed by atoms with Crippen molar-refractivity contribution in [2.24, 2.45) is 0 Å². The molecule has 0 aliphatic heterocycles. The Labute approximate surface area is 223 Å². The van der Waals surface area contributed by atoms with E-state index in [1.807, 2.05) is 72.9 Å². The zero-order valence-electron chi connectivity index (χ0n) is 19.3. The number of aliphatic hydroxyl groups is 1. The van der Waals surface area contributed by atoms with Gasteiger partial charge in [0.05, 0.1) is 5.76 Å². The molecule has 2 aromatic carbocycles. The van der Waals surface area contributed by atoms with Crippen molar-refractivity contribution >= 4 is 27.2 Å². The van der Waals surface area contributed by atoms with Crippen molar-refractivity contribution in [3.05, 3.63) is 121 Å². The summed E-state index contributed by atoms with van der Waals surface area (Å²) in [5.74, 6) is -0.0625. The first kappa shape index (κ1) is 27.8. The molecule has 0 saturated carbocycles. The summed E-state index contributed by atoms with van der Waals surface area (Å²) < 4.78 is 1.26. The van der Waals surface area contributed by atoms with Crippen LogP contribution < -0.4 is 0 Å². The number of aromatic nitrogens is 2. The average Bonchev–Trinajstić information content (AvgIpc) is 3.30. The van der Waals surface area contributed by atoms with Crippen molar-refractivity contribution in [3.63, 3.8) is 0 Å². The van der Waals surface area contributed by atoms with E-state index in [0.29, 0.717) is 0 Å². The van der Waals surface area contributed by atoms with Crippen LogP contribution in [0.25, 0.3) is 31.9 Å². The van der Waals surface area contributed by atoms with Gasteiger partial charge in [-0.05, 0) is 41.3 Å². The predicted molar refractivity (Wildman–Crippen MR) is 139 cm³/mol. The Morgan fingerprint density at radius 2 is 1.49 bits per heavy atom. The molecule has 3 heterocycles. The molecule has 4 nitrogen and oxygen atoms in total. The van der Waals surface area contributed by atoms with E-state index in [4.69, 9.17) is 5.11 Å². The molecule has 1 radical (unpaired) electrons. The number of pyridine rings is 2. The van der Waals surface area contributed by atoms with E-state index in [2.05, 4.69) is 40.3 Å². The van der Waals surface area contributed by atoms with Gasteiger partial charge in [0.15, 0.2) is 5.78 Å². The van der Waals surface area contributed by atoms with E-state index in [1.54, 1.807) is 17.5 Å². The second kappa shape index (κ2) is 14.7. The maximum Gasteiger partial charge on any atom is 0.155 e. The number of thiophene rings is 1. The maximum atomic E-state index is 10.0. The third-order valence-electron chi connectivity index (χ3n) is 4.31. The van der Waals surface area contributed by atoms with E-state index >= 15 is 0 Å². The topological polar surface area (TPSA) is 63.1 Å². The van der Waals surface area contributed by atoms with Gasteiger partial charge >= 0.3 is 0 Å². The van der Waals surface area contributed by atoms with Crippen molar-refractivity contribution in [2.75, 3.05) is 0 Å². The van der Waals surface area contributed by atoms with Gasteiger partial charge in [-0.25, -0.2) is 11.3 Å². The summed E-state index contributed by atoms with van der Waals surface area (Å²) in [6.07, 6.45) is 4.77. The second-order valence-corrected chi connectivity index (χ2v) is 8.21. The van der Waals surface area contributed by atoms with Gasteiger partial charge in [-0.1, -0.05) is 36.4 Å². The normalized spacial score (nSPS) is 10.2. The fourth-order valence-corrected chi connectivity index (χ4v) is 3.88. The summed E-state index contributed by atoms with van der Waals surface area (Å²) in [4.78, 5) is 19.7. The SMILES string of the molecule is CC(=O)/C=C(/C)O.[Ir].[c-]1c(-c2ccccn2)sc2ccccc12.[c-]1ccccc1-c1ccccn1. The van der Waals surface area contributed by atoms with Gasteiger partial charge in [0.2, 0.25) is 0 Å². The molecular formula is C29H24IrN2O2S-2. The van der Waals surface area contributed by atoms with Crippen LogP contribution in [0.1, 0.15) is 13.8 Å². The largest absolute Gasteiger partial charge is 0.512 e. The Bertz CT molecular complexity index is 1260. The summed E-state index contributed by atoms with van der Waals surface area (Å²) >= 11 is 1.73. The number of rotatable bonds is 3. The first-order chi connectivity index (χ1) is 16.5. The fraction of sp³-hybridized carbons (Fsp3) is 0.0690. The van der Waals surface area contributed by atoms with Gasteiger partial charge in [0.25, 0.3) is 0 Å². The van der Waals surface area contributed by atoms with Crippen LogP contribution in [0.15, 0.2) is 109 Å². The fourth-order valence-electron chi connectivity index (χ4n) is 2.90. The smallest absolute Gasteiger partial charge is 0.155 e. The van der Waals surface area contributed by atoms with Crippen LogP contribution >= 0.6 is 11.3 Å². The van der Waals surface area contributed by atoms with Crippen LogP contribution in [0.5, 0.6) is 0 Å². The minimum Gasteiger partial charge on any atom is -0.512 e. The number of aliphatic hydroxyl groups excluding tert-OH is 1. The monoisotopic (exact) mass is 657 g/mol. The molecular weight excluding hydrogens is 633 g/mol. The van der Waals surface area contributed by atoms with E-state index < -0.39 is 0 Å². The van der Waals surface area contributed by atoms with E-state index in [-0.39, 0.29) is 31.6 Å². The Morgan fingerprint density at radius 3 is 2.00 bits per heavy atom. The van der Waals surface area contributed by atoms with E-state index in [0.717, 1.165) is 21.8 Å². The van der Waals surface area contributed by atoms with Gasteiger partial charge in [-0.15, -0.1) is 59.5 Å². The van der Waals surface area contributed by atoms with Crippen molar-refractivity contribution in [2.45, 2.75) is 13.8 Å². The Morgan fingerprint density at radius 1 is 0.857 bits per heavy atom. The molecule has 0 unspecified atom stereocenters.